The highest BCUT2D eigenvalue weighted by Gasteiger charge is 2.63. The van der Waals surface area contributed by atoms with Crippen molar-refractivity contribution in [2.75, 3.05) is 6.54 Å². The first-order chi connectivity index (χ1) is 30.7. The number of likely N-dealkylation sites (tertiary alicyclic amines) is 1. The summed E-state index contributed by atoms with van der Waals surface area (Å²) in [6, 6.07) is 9.25. The van der Waals surface area contributed by atoms with Crippen molar-refractivity contribution < 1.29 is 49.9 Å². The minimum Gasteiger partial charge on any atom is -0.444 e. The SMILES string of the molecule is CC(C)(C)OC(=O)N1CCCC1c1ncc(C#Cc2ccc(-c3ccc4c(c3)C(=O)NC4)c([C@H](Cc3cc(F)cc(F)c3)NC(=O)Cn3nc(C(F)(F)F)c4c3C(F)(F)[C@@H]3CC[C@H]43)n2)[nH]1. The number of H-pyrrole nitrogens is 1. The van der Waals surface area contributed by atoms with Gasteiger partial charge in [-0.2, -0.15) is 27.1 Å². The first-order valence-corrected chi connectivity index (χ1v) is 21.0. The Morgan fingerprint density at radius 3 is 2.48 bits per heavy atom. The molecule has 4 aliphatic rings. The molecular formula is C46H41F7N8O4. The lowest BCUT2D eigenvalue weighted by atomic mass is 9.73. The number of alkyl halides is 5. The molecule has 2 aromatic carbocycles. The van der Waals surface area contributed by atoms with Crippen LogP contribution in [-0.4, -0.2) is 59.7 Å². The molecular weight excluding hydrogens is 862 g/mol. The van der Waals surface area contributed by atoms with Gasteiger partial charge in [-0.1, -0.05) is 12.1 Å². The molecule has 1 unspecified atom stereocenters. The highest BCUT2D eigenvalue weighted by Crippen LogP contribution is 2.64. The van der Waals surface area contributed by atoms with Crippen molar-refractivity contribution in [2.24, 2.45) is 5.92 Å². The number of hydrogen-bond donors (Lipinski definition) is 3. The van der Waals surface area contributed by atoms with Crippen molar-refractivity contribution in [3.63, 3.8) is 0 Å². The van der Waals surface area contributed by atoms with E-state index in [4.69, 9.17) is 9.72 Å². The van der Waals surface area contributed by atoms with Gasteiger partial charge >= 0.3 is 12.3 Å². The standard InChI is InChI=1S/C46H41F7N8O4/c1-44(2,3)65-43(64)60-14-4-5-35(60)41-54-21-29(57-41)9-8-28-10-11-30(24-6-7-25-20-55-42(63)32(25)18-24)38(56-28)34(17-23-15-26(47)19-27(48)16-23)58-36(62)22-61-40-37(39(59-61)46(51,52)53)31-12-13-33(31)45(40,49)50/h6-7,10-11,15-16,18-19,21,31,33-35H,4-5,12-14,17,20,22H2,1-3H3,(H,54,57)(H,55,63)(H,58,62)/t31-,33+,34-,35?/m0/s1. The lowest BCUT2D eigenvalue weighted by molar-refractivity contribution is -0.144. The number of carbonyl (C=O) groups excluding carboxylic acids is 3. The molecule has 2 aliphatic carbocycles. The largest absolute Gasteiger partial charge is 0.444 e. The van der Waals surface area contributed by atoms with E-state index in [-0.39, 0.29) is 48.2 Å². The highest BCUT2D eigenvalue weighted by atomic mass is 19.4. The Bertz CT molecular complexity index is 2800. The molecule has 3 aromatic heterocycles. The number of nitrogens with zero attached hydrogens (tertiary/aromatic N) is 5. The molecule has 5 heterocycles. The Morgan fingerprint density at radius 1 is 1.00 bits per heavy atom. The summed E-state index contributed by atoms with van der Waals surface area (Å²) in [4.78, 5) is 53.8. The topological polar surface area (TPSA) is 147 Å². The van der Waals surface area contributed by atoms with Crippen molar-refractivity contribution >= 4 is 17.9 Å². The van der Waals surface area contributed by atoms with Gasteiger partial charge in [-0.3, -0.25) is 19.2 Å². The highest BCUT2D eigenvalue weighted by molar-refractivity contribution is 5.99. The number of rotatable bonds is 8. The molecule has 3 amide bonds. The zero-order chi connectivity index (χ0) is 46.2. The van der Waals surface area contributed by atoms with Gasteiger partial charge in [0.15, 0.2) is 5.69 Å². The second-order valence-corrected chi connectivity index (χ2v) is 17.7. The van der Waals surface area contributed by atoms with Gasteiger partial charge < -0.3 is 20.4 Å². The summed E-state index contributed by atoms with van der Waals surface area (Å²) in [5, 5.41) is 8.95. The van der Waals surface area contributed by atoms with Crippen LogP contribution in [0.3, 0.4) is 0 Å². The Kier molecular flexibility index (Phi) is 10.8. The van der Waals surface area contributed by atoms with Crippen LogP contribution in [0.4, 0.5) is 35.5 Å². The van der Waals surface area contributed by atoms with E-state index in [1.54, 1.807) is 56.0 Å². The van der Waals surface area contributed by atoms with Crippen LogP contribution in [0.5, 0.6) is 0 Å². The molecule has 338 valence electrons. The Labute approximate surface area is 367 Å². The quantitative estimate of drug-likeness (QED) is 0.105. The van der Waals surface area contributed by atoms with Crippen LogP contribution in [0.2, 0.25) is 0 Å². The maximum Gasteiger partial charge on any atom is 0.435 e. The van der Waals surface area contributed by atoms with Gasteiger partial charge in [0.25, 0.3) is 11.8 Å². The third-order valence-corrected chi connectivity index (χ3v) is 12.2. The predicted octanol–water partition coefficient (Wildman–Crippen LogP) is 8.38. The lowest BCUT2D eigenvalue weighted by Gasteiger charge is -2.34. The number of benzene rings is 2. The van der Waals surface area contributed by atoms with Crippen molar-refractivity contribution in [1.82, 2.24) is 40.3 Å². The van der Waals surface area contributed by atoms with E-state index in [0.717, 1.165) is 24.1 Å². The number of fused-ring (bicyclic) bond motifs is 4. The molecule has 2 aliphatic heterocycles. The maximum atomic E-state index is 15.7. The van der Waals surface area contributed by atoms with Gasteiger partial charge in [-0.15, -0.1) is 0 Å². The van der Waals surface area contributed by atoms with Crippen molar-refractivity contribution in [3.8, 4) is 23.0 Å². The fourth-order valence-electron chi connectivity index (χ4n) is 9.24. The van der Waals surface area contributed by atoms with Crippen molar-refractivity contribution in [3.05, 3.63) is 123 Å². The Balaban J connectivity index is 1.09. The number of amides is 3. The summed E-state index contributed by atoms with van der Waals surface area (Å²) in [7, 11) is 0. The van der Waals surface area contributed by atoms with Gasteiger partial charge in [-0.05, 0) is 118 Å². The number of imidazole rings is 1. The van der Waals surface area contributed by atoms with Crippen LogP contribution in [0.1, 0.15) is 126 Å². The Hall–Kier alpha value is -6.71. The molecule has 1 saturated carbocycles. The average Bonchev–Trinajstić information content (AvgIpc) is 4.03. The number of aromatic amines is 1. The molecule has 4 atom stereocenters. The fourth-order valence-corrected chi connectivity index (χ4v) is 9.24. The third kappa shape index (κ3) is 8.41. The molecule has 5 aromatic rings. The number of carbonyl (C=O) groups is 3. The summed E-state index contributed by atoms with van der Waals surface area (Å²) in [6.07, 6.45) is -2.91. The number of aromatic nitrogens is 5. The van der Waals surface area contributed by atoms with Crippen LogP contribution >= 0.6 is 0 Å². The average molecular weight is 903 g/mol. The normalized spacial score (nSPS) is 19.9. The fraction of sp³-hybridized carbons (Fsp3) is 0.391. The number of halogens is 7. The van der Waals surface area contributed by atoms with Crippen LogP contribution in [0.15, 0.2) is 54.7 Å². The summed E-state index contributed by atoms with van der Waals surface area (Å²) in [6.45, 7) is 5.04. The lowest BCUT2D eigenvalue weighted by Crippen LogP contribution is -2.36. The Morgan fingerprint density at radius 2 is 1.77 bits per heavy atom. The van der Waals surface area contributed by atoms with Crippen LogP contribution < -0.4 is 10.6 Å². The number of ether oxygens (including phenoxy) is 1. The minimum absolute atomic E-state index is 0.00883. The second-order valence-electron chi connectivity index (χ2n) is 17.7. The summed E-state index contributed by atoms with van der Waals surface area (Å²) < 4.78 is 109. The van der Waals surface area contributed by atoms with Crippen molar-refractivity contribution in [2.45, 2.75) is 102 Å². The summed E-state index contributed by atoms with van der Waals surface area (Å²) in [5.74, 6) is -2.92. The van der Waals surface area contributed by atoms with E-state index < -0.39 is 82.7 Å². The molecule has 0 spiro atoms. The first-order valence-electron chi connectivity index (χ1n) is 21.0. The van der Waals surface area contributed by atoms with Gasteiger partial charge in [0, 0.05) is 41.8 Å². The summed E-state index contributed by atoms with van der Waals surface area (Å²) in [5.41, 5.74) is -1.24. The monoisotopic (exact) mass is 902 g/mol. The molecule has 19 heteroatoms. The zero-order valence-electron chi connectivity index (χ0n) is 35.2. The smallest absolute Gasteiger partial charge is 0.435 e. The van der Waals surface area contributed by atoms with Crippen LogP contribution in [-0.2, 0) is 41.1 Å². The molecule has 0 bridgehead atoms. The van der Waals surface area contributed by atoms with E-state index in [9.17, 15) is 36.3 Å². The minimum atomic E-state index is -5.07. The van der Waals surface area contributed by atoms with Gasteiger partial charge in [0.2, 0.25) is 5.91 Å². The predicted molar refractivity (Wildman–Crippen MR) is 218 cm³/mol. The number of nitrogens with one attached hydrogen (secondary N) is 3. The number of hydrogen-bond acceptors (Lipinski definition) is 7. The van der Waals surface area contributed by atoms with Crippen LogP contribution in [0, 0.1) is 29.4 Å². The third-order valence-electron chi connectivity index (χ3n) is 12.2. The van der Waals surface area contributed by atoms with Crippen LogP contribution in [0.25, 0.3) is 11.1 Å². The first kappa shape index (κ1) is 43.5. The van der Waals surface area contributed by atoms with E-state index in [2.05, 4.69) is 37.5 Å². The second kappa shape index (κ2) is 16.1. The molecule has 2 fully saturated rings. The van der Waals surface area contributed by atoms with E-state index in [1.807, 2.05) is 0 Å². The van der Waals surface area contributed by atoms with Gasteiger partial charge in [-0.25, -0.2) is 23.5 Å². The molecule has 3 N–H and O–H groups in total. The van der Waals surface area contributed by atoms with Crippen molar-refractivity contribution in [1.29, 1.82) is 0 Å². The van der Waals surface area contributed by atoms with E-state index >= 15 is 8.78 Å². The van der Waals surface area contributed by atoms with Gasteiger partial charge in [0.05, 0.1) is 24.0 Å². The van der Waals surface area contributed by atoms with E-state index in [1.165, 1.54) is 6.20 Å². The molecule has 0 radical (unpaired) electrons. The molecule has 1 saturated heterocycles. The molecule has 12 nitrogen and oxygen atoms in total. The maximum absolute atomic E-state index is 15.7. The summed E-state index contributed by atoms with van der Waals surface area (Å²) >= 11 is 0. The number of pyridine rings is 1. The molecule has 9 rings (SSSR count). The van der Waals surface area contributed by atoms with Gasteiger partial charge in [0.1, 0.15) is 46.7 Å². The zero-order valence-corrected chi connectivity index (χ0v) is 35.2. The molecule has 65 heavy (non-hydrogen) atoms. The van der Waals surface area contributed by atoms with E-state index in [0.29, 0.717) is 58.5 Å².